The fourth-order valence-corrected chi connectivity index (χ4v) is 1.33. The number of rotatable bonds is 0. The smallest absolute Gasteiger partial charge is 0.0273 e. The van der Waals surface area contributed by atoms with Gasteiger partial charge in [-0.25, -0.2) is 0 Å². The Morgan fingerprint density at radius 3 is 2.14 bits per heavy atom. The first kappa shape index (κ1) is 2.34. The fourth-order valence-electron chi connectivity index (χ4n) is 1.33. The molecule has 0 N–H and O–H groups in total. The number of allylic oxidation sites excluding steroid dienone is 2. The van der Waals surface area contributed by atoms with Gasteiger partial charge >= 0.3 is 0 Å². The summed E-state index contributed by atoms with van der Waals surface area (Å²) < 4.78 is 15.0. The quantitative estimate of drug-likeness (QED) is 0.406. The molecule has 4 atom stereocenters. The van der Waals surface area contributed by atoms with Gasteiger partial charge in [-0.05, 0) is 31.1 Å². The number of hydrogen-bond donors (Lipinski definition) is 0. The Morgan fingerprint density at radius 2 is 1.86 bits per heavy atom. The Hall–Kier alpha value is -0.260. The summed E-state index contributed by atoms with van der Waals surface area (Å²) in [6.45, 7) is 0. The van der Waals surface area contributed by atoms with Crippen LogP contribution in [0, 0.1) is 11.8 Å². The molecule has 4 unspecified atom stereocenters. The second-order valence-corrected chi connectivity index (χ2v) is 2.33. The van der Waals surface area contributed by atoms with Crippen LogP contribution in [0.5, 0.6) is 0 Å². The van der Waals surface area contributed by atoms with E-state index in [0.717, 1.165) is 6.42 Å². The summed E-state index contributed by atoms with van der Waals surface area (Å²) in [5.74, 6) is 0.829. The zero-order valence-corrected chi connectivity index (χ0v) is 4.17. The van der Waals surface area contributed by atoms with E-state index in [-0.39, 0.29) is 12.8 Å². The van der Waals surface area contributed by atoms with Crippen LogP contribution in [0.2, 0.25) is 0 Å². The summed E-state index contributed by atoms with van der Waals surface area (Å²) in [6.07, 6.45) is 5.03. The van der Waals surface area contributed by atoms with Crippen molar-refractivity contribution in [3.63, 3.8) is 0 Å². The molecule has 0 aromatic rings. The summed E-state index contributed by atoms with van der Waals surface area (Å²) in [6, 6.07) is 0. The lowest BCUT2D eigenvalue weighted by molar-refractivity contribution is 0.691. The number of hydrogen-bond acceptors (Lipinski definition) is 0. The zero-order valence-electron chi connectivity index (χ0n) is 6.17. The Balaban J connectivity index is 2.26. The van der Waals surface area contributed by atoms with Gasteiger partial charge in [0, 0.05) is 2.74 Å². The van der Waals surface area contributed by atoms with Crippen molar-refractivity contribution in [3.05, 3.63) is 12.2 Å². The normalized spacial score (nSPS) is 70.9. The molecule has 0 heterocycles. The van der Waals surface area contributed by atoms with Crippen LogP contribution >= 0.6 is 0 Å². The van der Waals surface area contributed by atoms with Crippen molar-refractivity contribution in [2.75, 3.05) is 0 Å². The molecule has 2 bridgehead atoms. The van der Waals surface area contributed by atoms with Gasteiger partial charge in [0.15, 0.2) is 0 Å². The molecule has 2 rings (SSSR count). The molecule has 0 nitrogen and oxygen atoms in total. The van der Waals surface area contributed by atoms with Crippen molar-refractivity contribution in [3.8, 4) is 0 Å². The Morgan fingerprint density at radius 1 is 1.29 bits per heavy atom. The van der Waals surface area contributed by atoms with Gasteiger partial charge in [0.1, 0.15) is 0 Å². The lowest BCUT2D eigenvalue weighted by Gasteiger charge is -1.96. The summed E-state index contributed by atoms with van der Waals surface area (Å²) in [5, 5.41) is 0. The van der Waals surface area contributed by atoms with Crippen LogP contribution < -0.4 is 0 Å². The van der Waals surface area contributed by atoms with E-state index in [1.807, 2.05) is 0 Å². The summed E-state index contributed by atoms with van der Waals surface area (Å²) in [7, 11) is 0. The molecule has 1 saturated carbocycles. The molecule has 1 fully saturated rings. The minimum Gasteiger partial charge on any atom is -0.0851 e. The van der Waals surface area contributed by atoms with Gasteiger partial charge in [-0.3, -0.25) is 0 Å². The van der Waals surface area contributed by atoms with E-state index in [1.54, 1.807) is 0 Å². The minimum absolute atomic E-state index is 0.125. The molecule has 0 aromatic heterocycles. The predicted octanol–water partition coefficient (Wildman–Crippen LogP) is 1.97. The van der Waals surface area contributed by atoms with E-state index < -0.39 is 0 Å². The molecule has 0 heteroatoms. The molecular formula is C7H10. The third-order valence-electron chi connectivity index (χ3n) is 1.76. The van der Waals surface area contributed by atoms with Gasteiger partial charge in [0.2, 0.25) is 0 Å². The highest BCUT2D eigenvalue weighted by Gasteiger charge is 2.25. The molecule has 0 aromatic carbocycles. The highest BCUT2D eigenvalue weighted by atomic mass is 14.3. The van der Waals surface area contributed by atoms with Crippen LogP contribution in [0.4, 0.5) is 0 Å². The largest absolute Gasteiger partial charge is 0.0851 e. The Kier molecular flexibility index (Phi) is 0.374. The third kappa shape index (κ3) is 0.425. The average Bonchev–Trinajstić information content (AvgIpc) is 2.37. The van der Waals surface area contributed by atoms with Crippen LogP contribution in [0.3, 0.4) is 0 Å². The highest BCUT2D eigenvalue weighted by Crippen LogP contribution is 2.38. The van der Waals surface area contributed by atoms with E-state index in [1.165, 1.54) is 0 Å². The average molecular weight is 98.2 g/mol. The maximum atomic E-state index is 7.49. The maximum absolute atomic E-state index is 7.49. The molecule has 0 spiro atoms. The van der Waals surface area contributed by atoms with Gasteiger partial charge in [-0.2, -0.15) is 0 Å². The van der Waals surface area contributed by atoms with E-state index in [2.05, 4.69) is 12.2 Å². The molecule has 0 aliphatic heterocycles. The van der Waals surface area contributed by atoms with Crippen molar-refractivity contribution in [1.82, 2.24) is 0 Å². The number of fused-ring (bicyclic) bond motifs is 2. The van der Waals surface area contributed by atoms with Gasteiger partial charge in [-0.1, -0.05) is 12.2 Å². The standard InChI is InChI=1S/C7H10/c1-2-7-4-3-6(1)5-7/h1-2,6-7H,3-5H2/i3T,4T. The van der Waals surface area contributed by atoms with E-state index in [4.69, 9.17) is 2.74 Å². The first-order valence-corrected chi connectivity index (χ1v) is 2.82. The molecule has 0 saturated heterocycles. The van der Waals surface area contributed by atoms with Crippen molar-refractivity contribution < 1.29 is 2.74 Å². The lowest BCUT2D eigenvalue weighted by atomic mass is 10.1. The molecule has 38 valence electrons. The van der Waals surface area contributed by atoms with Crippen LogP contribution in [-0.4, -0.2) is 0 Å². The van der Waals surface area contributed by atoms with Crippen molar-refractivity contribution in [2.45, 2.75) is 19.2 Å². The molecule has 2 aliphatic rings. The summed E-state index contributed by atoms with van der Waals surface area (Å²) >= 11 is 0. The molecule has 7 heavy (non-hydrogen) atoms. The first-order chi connectivity index (χ1) is 4.29. The first-order valence-electron chi connectivity index (χ1n) is 3.97. The van der Waals surface area contributed by atoms with Crippen molar-refractivity contribution >= 4 is 0 Å². The summed E-state index contributed by atoms with van der Waals surface area (Å²) in [4.78, 5) is 0. The van der Waals surface area contributed by atoms with Crippen LogP contribution in [0.15, 0.2) is 12.2 Å². The van der Waals surface area contributed by atoms with E-state index in [0.29, 0.717) is 11.8 Å². The van der Waals surface area contributed by atoms with Gasteiger partial charge < -0.3 is 0 Å². The van der Waals surface area contributed by atoms with Crippen molar-refractivity contribution in [2.24, 2.45) is 11.8 Å². The molecule has 0 radical (unpaired) electrons. The third-order valence-corrected chi connectivity index (χ3v) is 1.76. The predicted molar refractivity (Wildman–Crippen MR) is 30.0 cm³/mol. The lowest BCUT2D eigenvalue weighted by Crippen LogP contribution is -1.82. The Bertz CT molecular complexity index is 137. The second kappa shape index (κ2) is 1.12. The second-order valence-electron chi connectivity index (χ2n) is 2.33. The van der Waals surface area contributed by atoms with Crippen LogP contribution in [0.25, 0.3) is 0 Å². The van der Waals surface area contributed by atoms with Crippen molar-refractivity contribution in [1.29, 1.82) is 0 Å². The fraction of sp³-hybridized carbons (Fsp3) is 0.714. The molecule has 2 aliphatic carbocycles. The maximum Gasteiger partial charge on any atom is 0.0273 e. The SMILES string of the molecule is [3H]C1C2C=CC(C2)C1[3H]. The minimum atomic E-state index is -0.125. The van der Waals surface area contributed by atoms with Crippen LogP contribution in [-0.2, 0) is 0 Å². The summed E-state index contributed by atoms with van der Waals surface area (Å²) in [5.41, 5.74) is 0. The zero-order chi connectivity index (χ0) is 6.43. The van der Waals surface area contributed by atoms with E-state index in [9.17, 15) is 0 Å². The van der Waals surface area contributed by atoms with E-state index >= 15 is 0 Å². The highest BCUT2D eigenvalue weighted by molar-refractivity contribution is 5.06. The van der Waals surface area contributed by atoms with Crippen LogP contribution in [0.1, 0.15) is 22.0 Å². The molecular weight excluding hydrogens is 84.1 g/mol. The molecule has 0 amide bonds. The monoisotopic (exact) mass is 98.1 g/mol. The van der Waals surface area contributed by atoms with Gasteiger partial charge in [0.05, 0.1) is 0 Å². The van der Waals surface area contributed by atoms with Gasteiger partial charge in [-0.15, -0.1) is 0 Å². The van der Waals surface area contributed by atoms with Gasteiger partial charge in [0.25, 0.3) is 0 Å². The topological polar surface area (TPSA) is 0 Å². The Labute approximate surface area is 47.0 Å².